The van der Waals surface area contributed by atoms with E-state index in [2.05, 4.69) is 32.2 Å². The highest BCUT2D eigenvalue weighted by atomic mass is 16.7. The van der Waals surface area contributed by atoms with Gasteiger partial charge in [0.2, 0.25) is 5.91 Å². The molecule has 1 amide bonds. The van der Waals surface area contributed by atoms with Crippen molar-refractivity contribution in [2.45, 2.75) is 135 Å². The first-order valence-electron chi connectivity index (χ1n) is 20.2. The molecule has 11 atom stereocenters. The molecule has 57 heavy (non-hydrogen) atoms. The summed E-state index contributed by atoms with van der Waals surface area (Å²) in [7, 11) is 3.79. The number of aliphatic hydroxyl groups excluding tert-OH is 1. The second kappa shape index (κ2) is 22.2. The molecule has 11 nitrogen and oxygen atoms in total. The minimum atomic E-state index is -1.53. The molecule has 0 spiro atoms. The van der Waals surface area contributed by atoms with Crippen molar-refractivity contribution in [2.24, 2.45) is 17.6 Å². The number of nitrogens with zero attached hydrogens (tertiary/aromatic N) is 1. The summed E-state index contributed by atoms with van der Waals surface area (Å²) in [5.41, 5.74) is 7.63. The van der Waals surface area contributed by atoms with E-state index in [1.54, 1.807) is 44.2 Å². The summed E-state index contributed by atoms with van der Waals surface area (Å²) in [6.07, 6.45) is 22.0. The number of aliphatic hydroxyl groups is 3. The van der Waals surface area contributed by atoms with Crippen LogP contribution >= 0.6 is 0 Å². The van der Waals surface area contributed by atoms with Crippen LogP contribution in [0.4, 0.5) is 0 Å². The third kappa shape index (κ3) is 15.5. The lowest BCUT2D eigenvalue weighted by atomic mass is 9.85. The summed E-state index contributed by atoms with van der Waals surface area (Å²) in [6.45, 7) is 18.0. The molecule has 3 rings (SSSR count). The van der Waals surface area contributed by atoms with Crippen LogP contribution in [0.1, 0.15) is 75.2 Å². The monoisotopic (exact) mass is 794 g/mol. The maximum Gasteiger partial charge on any atom is 0.247 e. The minimum absolute atomic E-state index is 0.0458. The Morgan fingerprint density at radius 1 is 0.965 bits per heavy atom. The highest BCUT2D eigenvalue weighted by Crippen LogP contribution is 2.34. The summed E-state index contributed by atoms with van der Waals surface area (Å²) in [5, 5.41) is 37.3. The van der Waals surface area contributed by atoms with Crippen molar-refractivity contribution in [3.05, 3.63) is 107 Å². The first-order valence-corrected chi connectivity index (χ1v) is 20.2. The van der Waals surface area contributed by atoms with E-state index in [-0.39, 0.29) is 37.0 Å². The fourth-order valence-corrected chi connectivity index (χ4v) is 7.46. The molecule has 0 aromatic heterocycles. The fourth-order valence-electron chi connectivity index (χ4n) is 7.46. The molecule has 2 fully saturated rings. The van der Waals surface area contributed by atoms with Crippen molar-refractivity contribution in [2.75, 3.05) is 27.2 Å². The van der Waals surface area contributed by atoms with Gasteiger partial charge in [0.25, 0.3) is 0 Å². The molecule has 3 aliphatic heterocycles. The van der Waals surface area contributed by atoms with Crippen LogP contribution in [0.5, 0.6) is 0 Å². The summed E-state index contributed by atoms with van der Waals surface area (Å²) in [4.78, 5) is 15.2. The van der Waals surface area contributed by atoms with Crippen molar-refractivity contribution < 1.29 is 39.1 Å². The predicted molar refractivity (Wildman–Crippen MR) is 228 cm³/mol. The number of ether oxygens (including phenoxy) is 4. The maximum absolute atomic E-state index is 13.2. The van der Waals surface area contributed by atoms with Gasteiger partial charge in [-0.3, -0.25) is 4.79 Å². The third-order valence-electron chi connectivity index (χ3n) is 10.2. The molecule has 2 saturated heterocycles. The number of carbonyl (C=O) groups excluding carboxylic acids is 1. The standard InChI is InChI=1S/C46H71N3O8/c1-30(2)24-36-26-33(5)19-13-12-16-23-45(8,52)38(22-15-14-18-31(3)20-17-21-32(4)25-34(6)28-48-43(36)51)57-44-40(47)41(50)37(29-54-44)56-39-27-46(9,53)42(49(10)11)35(7)55-39/h12-23,25-26,30,34-35,37-42,44,50,52-53H,24,27-29,47H2,1-11H3,(H,48,51). The number of allylic oxidation sites excluding steroid dienone is 14. The van der Waals surface area contributed by atoms with Crippen molar-refractivity contribution in [3.63, 3.8) is 0 Å². The summed E-state index contributed by atoms with van der Waals surface area (Å²) >= 11 is 0. The molecule has 0 radical (unpaired) electrons. The van der Waals surface area contributed by atoms with E-state index in [1.807, 2.05) is 95.3 Å². The Labute approximate surface area is 342 Å². The third-order valence-corrected chi connectivity index (χ3v) is 10.2. The molecule has 0 aromatic rings. The second-order valence-electron chi connectivity index (χ2n) is 17.0. The van der Waals surface area contributed by atoms with Crippen LogP contribution < -0.4 is 11.1 Å². The van der Waals surface area contributed by atoms with Gasteiger partial charge in [-0.1, -0.05) is 123 Å². The lowest BCUT2D eigenvalue weighted by Gasteiger charge is -2.48. The van der Waals surface area contributed by atoms with Crippen molar-refractivity contribution in [3.8, 4) is 0 Å². The molecular formula is C46H71N3O8. The van der Waals surface area contributed by atoms with Gasteiger partial charge in [0.1, 0.15) is 23.9 Å². The van der Waals surface area contributed by atoms with Crippen LogP contribution in [-0.2, 0) is 23.7 Å². The second-order valence-corrected chi connectivity index (χ2v) is 17.0. The number of nitrogens with two attached hydrogens (primary N) is 1. The van der Waals surface area contributed by atoms with Crippen LogP contribution in [0.3, 0.4) is 0 Å². The van der Waals surface area contributed by atoms with E-state index in [0.29, 0.717) is 18.9 Å². The Hall–Kier alpha value is -3.23. The maximum atomic E-state index is 13.2. The van der Waals surface area contributed by atoms with Crippen LogP contribution in [0.15, 0.2) is 107 Å². The van der Waals surface area contributed by atoms with E-state index in [0.717, 1.165) is 22.3 Å². The Kier molecular flexibility index (Phi) is 18.8. The van der Waals surface area contributed by atoms with Gasteiger partial charge in [-0.05, 0) is 73.9 Å². The van der Waals surface area contributed by atoms with Crippen molar-refractivity contribution in [1.29, 1.82) is 0 Å². The average molecular weight is 794 g/mol. The van der Waals surface area contributed by atoms with Crippen molar-refractivity contribution in [1.82, 2.24) is 10.2 Å². The van der Waals surface area contributed by atoms with E-state index < -0.39 is 48.1 Å². The number of nitrogens with one attached hydrogen (secondary N) is 1. The van der Waals surface area contributed by atoms with E-state index >= 15 is 0 Å². The minimum Gasteiger partial charge on any atom is -0.388 e. The molecule has 3 aliphatic rings. The normalized spacial score (nSPS) is 35.7. The fraction of sp³-hybridized carbons (Fsp3) is 0.587. The quantitative estimate of drug-likeness (QED) is 0.216. The number of carbonyl (C=O) groups is 1. The Morgan fingerprint density at radius 3 is 2.32 bits per heavy atom. The van der Waals surface area contributed by atoms with E-state index in [1.165, 1.54) is 0 Å². The summed E-state index contributed by atoms with van der Waals surface area (Å²) in [5.74, 6) is 0.394. The van der Waals surface area contributed by atoms with Crippen LogP contribution in [-0.4, -0.2) is 114 Å². The van der Waals surface area contributed by atoms with Gasteiger partial charge in [0, 0.05) is 18.5 Å². The number of hydrogen-bond acceptors (Lipinski definition) is 10. The molecule has 318 valence electrons. The molecule has 6 N–H and O–H groups in total. The number of rotatable bonds is 7. The van der Waals surface area contributed by atoms with Crippen LogP contribution in [0, 0.1) is 11.8 Å². The van der Waals surface area contributed by atoms with Gasteiger partial charge in [0.15, 0.2) is 12.6 Å². The lowest BCUT2D eigenvalue weighted by molar-refractivity contribution is -0.310. The van der Waals surface area contributed by atoms with Gasteiger partial charge in [0.05, 0.1) is 30.4 Å². The lowest BCUT2D eigenvalue weighted by Crippen LogP contribution is -2.63. The zero-order valence-electron chi connectivity index (χ0n) is 36.1. The van der Waals surface area contributed by atoms with Gasteiger partial charge >= 0.3 is 0 Å². The molecule has 0 aliphatic carbocycles. The molecule has 11 unspecified atom stereocenters. The number of amides is 1. The Balaban J connectivity index is 1.86. The largest absolute Gasteiger partial charge is 0.388 e. The first-order chi connectivity index (χ1) is 26.7. The highest BCUT2D eigenvalue weighted by Gasteiger charge is 2.48. The number of hydrogen-bond donors (Lipinski definition) is 5. The van der Waals surface area contributed by atoms with Crippen LogP contribution in [0.2, 0.25) is 0 Å². The molecule has 0 bridgehead atoms. The molecular weight excluding hydrogens is 723 g/mol. The number of likely N-dealkylation sites (N-methyl/N-ethyl adjacent to an activating group) is 1. The van der Waals surface area contributed by atoms with Crippen molar-refractivity contribution >= 4 is 5.91 Å². The first kappa shape index (κ1) is 48.1. The van der Waals surface area contributed by atoms with Gasteiger partial charge in [-0.15, -0.1) is 0 Å². The van der Waals surface area contributed by atoms with E-state index in [9.17, 15) is 20.1 Å². The van der Waals surface area contributed by atoms with Gasteiger partial charge < -0.3 is 50.2 Å². The zero-order chi connectivity index (χ0) is 42.5. The Morgan fingerprint density at radius 2 is 1.65 bits per heavy atom. The van der Waals surface area contributed by atoms with E-state index in [4.69, 9.17) is 24.7 Å². The summed E-state index contributed by atoms with van der Waals surface area (Å²) < 4.78 is 24.6. The van der Waals surface area contributed by atoms with Gasteiger partial charge in [-0.25, -0.2) is 0 Å². The SMILES string of the molecule is CC1=CC=CC(C)=CC(C)CNC(=O)C(CC(C)C)=CC(C)=CC=CC=CC(C)(O)C(OC2OCC(OC3CC(C)(O)C(N(C)C)C(C)O3)C(O)C2N)C=CC=C1. The smallest absolute Gasteiger partial charge is 0.247 e. The molecule has 0 saturated carbocycles. The molecule has 0 aromatic carbocycles. The van der Waals surface area contributed by atoms with Crippen LogP contribution in [0.25, 0.3) is 0 Å². The Bertz CT molecular complexity index is 1600. The molecule has 3 heterocycles. The predicted octanol–water partition coefficient (Wildman–Crippen LogP) is 5.73. The average Bonchev–Trinajstić information content (AvgIpc) is 3.09. The van der Waals surface area contributed by atoms with Gasteiger partial charge in [-0.2, -0.15) is 0 Å². The molecule has 11 heteroatoms. The highest BCUT2D eigenvalue weighted by molar-refractivity contribution is 5.93. The zero-order valence-corrected chi connectivity index (χ0v) is 36.1. The summed E-state index contributed by atoms with van der Waals surface area (Å²) in [6, 6.07) is -1.26. The topological polar surface area (TPSA) is 156 Å².